The van der Waals surface area contributed by atoms with Crippen molar-refractivity contribution in [3.8, 4) is 0 Å². The number of carbonyl (C=O) groups excluding carboxylic acids is 1. The molecule has 0 fully saturated rings. The highest BCUT2D eigenvalue weighted by Crippen LogP contribution is 2.32. The van der Waals surface area contributed by atoms with Gasteiger partial charge in [0.25, 0.3) is 5.91 Å². The zero-order valence-corrected chi connectivity index (χ0v) is 12.0. The fourth-order valence-electron chi connectivity index (χ4n) is 2.03. The zero-order chi connectivity index (χ0) is 15.0. The van der Waals surface area contributed by atoms with Crippen molar-refractivity contribution >= 4 is 38.8 Å². The molecule has 0 unspecified atom stereocenters. The molecule has 2 heterocycles. The standard InChI is InChI=1S/C15H12FN3OS/c1-8-7-9(4-5-10(8)16)19-15(20)14-12(17)13-11(21-14)3-2-6-18-13/h2-7H,17H2,1H3,(H,19,20). The molecular weight excluding hydrogens is 289 g/mol. The minimum atomic E-state index is -0.318. The van der Waals surface area contributed by atoms with Gasteiger partial charge in [-0.2, -0.15) is 0 Å². The summed E-state index contributed by atoms with van der Waals surface area (Å²) in [5, 5.41) is 2.73. The van der Waals surface area contributed by atoms with Gasteiger partial charge in [0.1, 0.15) is 16.2 Å². The van der Waals surface area contributed by atoms with Crippen molar-refractivity contribution in [1.29, 1.82) is 0 Å². The van der Waals surface area contributed by atoms with Crippen molar-refractivity contribution in [1.82, 2.24) is 4.98 Å². The van der Waals surface area contributed by atoms with Crippen LogP contribution in [0.3, 0.4) is 0 Å². The van der Waals surface area contributed by atoms with Crippen LogP contribution < -0.4 is 11.1 Å². The first-order chi connectivity index (χ1) is 10.1. The first kappa shape index (κ1) is 13.5. The molecule has 4 nitrogen and oxygen atoms in total. The lowest BCUT2D eigenvalue weighted by Gasteiger charge is -2.05. The van der Waals surface area contributed by atoms with Gasteiger partial charge in [-0.3, -0.25) is 9.78 Å². The van der Waals surface area contributed by atoms with Gasteiger partial charge in [0.05, 0.1) is 10.4 Å². The quantitative estimate of drug-likeness (QED) is 0.760. The number of aromatic nitrogens is 1. The molecule has 0 aliphatic rings. The summed E-state index contributed by atoms with van der Waals surface area (Å²) in [4.78, 5) is 16.9. The molecular formula is C15H12FN3OS. The van der Waals surface area contributed by atoms with Crippen LogP contribution in [0.15, 0.2) is 36.5 Å². The Morgan fingerprint density at radius 1 is 1.38 bits per heavy atom. The summed E-state index contributed by atoms with van der Waals surface area (Å²) in [7, 11) is 0. The topological polar surface area (TPSA) is 68.0 Å². The molecule has 21 heavy (non-hydrogen) atoms. The lowest BCUT2D eigenvalue weighted by atomic mass is 10.2. The summed E-state index contributed by atoms with van der Waals surface area (Å²) in [5.41, 5.74) is 7.97. The van der Waals surface area contributed by atoms with Crippen molar-refractivity contribution in [2.24, 2.45) is 0 Å². The lowest BCUT2D eigenvalue weighted by molar-refractivity contribution is 0.103. The van der Waals surface area contributed by atoms with E-state index in [0.717, 1.165) is 4.70 Å². The van der Waals surface area contributed by atoms with E-state index in [2.05, 4.69) is 10.3 Å². The van der Waals surface area contributed by atoms with Gasteiger partial charge in [-0.15, -0.1) is 11.3 Å². The predicted molar refractivity (Wildman–Crippen MR) is 83.1 cm³/mol. The number of fused-ring (bicyclic) bond motifs is 1. The van der Waals surface area contributed by atoms with E-state index >= 15 is 0 Å². The number of nitrogens with zero attached hydrogens (tertiary/aromatic N) is 1. The molecule has 0 spiro atoms. The van der Waals surface area contributed by atoms with Gasteiger partial charge >= 0.3 is 0 Å². The molecule has 3 rings (SSSR count). The number of amides is 1. The second-order valence-corrected chi connectivity index (χ2v) is 5.67. The molecule has 0 aliphatic heterocycles. The number of thiophene rings is 1. The molecule has 1 amide bonds. The molecule has 3 N–H and O–H groups in total. The second kappa shape index (κ2) is 5.14. The van der Waals surface area contributed by atoms with Crippen LogP contribution in [0.2, 0.25) is 0 Å². The molecule has 0 saturated heterocycles. The van der Waals surface area contributed by atoms with Gasteiger partial charge in [0.15, 0.2) is 0 Å². The summed E-state index contributed by atoms with van der Waals surface area (Å²) < 4.78 is 14.1. The van der Waals surface area contributed by atoms with Crippen LogP contribution in [0.5, 0.6) is 0 Å². The second-order valence-electron chi connectivity index (χ2n) is 4.61. The van der Waals surface area contributed by atoms with Gasteiger partial charge in [0, 0.05) is 11.9 Å². The number of hydrogen-bond acceptors (Lipinski definition) is 4. The molecule has 106 valence electrons. The highest BCUT2D eigenvalue weighted by Gasteiger charge is 2.17. The number of benzene rings is 1. The molecule has 6 heteroatoms. The third kappa shape index (κ3) is 2.45. The summed E-state index contributed by atoms with van der Waals surface area (Å²) >= 11 is 1.28. The molecule has 3 aromatic rings. The molecule has 0 saturated carbocycles. The third-order valence-electron chi connectivity index (χ3n) is 3.10. The van der Waals surface area contributed by atoms with E-state index in [1.54, 1.807) is 25.3 Å². The molecule has 1 aromatic carbocycles. The largest absolute Gasteiger partial charge is 0.396 e. The van der Waals surface area contributed by atoms with Crippen LogP contribution >= 0.6 is 11.3 Å². The number of nitrogen functional groups attached to an aromatic ring is 1. The number of nitrogens with two attached hydrogens (primary N) is 1. The Balaban J connectivity index is 1.93. The smallest absolute Gasteiger partial charge is 0.267 e. The number of halogens is 1. The maximum atomic E-state index is 13.2. The summed E-state index contributed by atoms with van der Waals surface area (Å²) in [6.07, 6.45) is 1.64. The fourth-order valence-corrected chi connectivity index (χ4v) is 3.00. The normalized spacial score (nSPS) is 10.8. The van der Waals surface area contributed by atoms with Gasteiger partial charge in [0.2, 0.25) is 0 Å². The first-order valence-corrected chi connectivity index (χ1v) is 7.08. The Bertz CT molecular complexity index is 844. The van der Waals surface area contributed by atoms with Gasteiger partial charge in [-0.1, -0.05) is 0 Å². The molecule has 0 atom stereocenters. The van der Waals surface area contributed by atoms with E-state index in [1.165, 1.54) is 23.5 Å². The Kier molecular flexibility index (Phi) is 3.31. The van der Waals surface area contributed by atoms with Crippen LogP contribution in [-0.2, 0) is 0 Å². The highest BCUT2D eigenvalue weighted by atomic mass is 32.1. The molecule has 0 radical (unpaired) electrons. The van der Waals surface area contributed by atoms with Crippen LogP contribution in [0.1, 0.15) is 15.2 Å². The minimum Gasteiger partial charge on any atom is -0.396 e. The van der Waals surface area contributed by atoms with Crippen molar-refractivity contribution in [3.63, 3.8) is 0 Å². The number of hydrogen-bond donors (Lipinski definition) is 2. The van der Waals surface area contributed by atoms with E-state index in [0.29, 0.717) is 27.3 Å². The third-order valence-corrected chi connectivity index (χ3v) is 4.26. The summed E-state index contributed by atoms with van der Waals surface area (Å²) in [6.45, 7) is 1.64. The average molecular weight is 301 g/mol. The summed E-state index contributed by atoms with van der Waals surface area (Å²) in [6, 6.07) is 8.07. The number of rotatable bonds is 2. The Morgan fingerprint density at radius 2 is 2.19 bits per heavy atom. The lowest BCUT2D eigenvalue weighted by Crippen LogP contribution is -2.12. The van der Waals surface area contributed by atoms with Crippen molar-refractivity contribution in [3.05, 3.63) is 52.8 Å². The highest BCUT2D eigenvalue weighted by molar-refractivity contribution is 7.21. The van der Waals surface area contributed by atoms with E-state index in [1.807, 2.05) is 6.07 Å². The van der Waals surface area contributed by atoms with Crippen molar-refractivity contribution < 1.29 is 9.18 Å². The average Bonchev–Trinajstić information content (AvgIpc) is 2.81. The predicted octanol–water partition coefficient (Wildman–Crippen LogP) is 3.58. The molecule has 0 bridgehead atoms. The van der Waals surface area contributed by atoms with Crippen LogP contribution in [0.4, 0.5) is 15.8 Å². The van der Waals surface area contributed by atoms with Crippen LogP contribution in [-0.4, -0.2) is 10.9 Å². The van der Waals surface area contributed by atoms with Crippen LogP contribution in [0, 0.1) is 12.7 Å². The first-order valence-electron chi connectivity index (χ1n) is 6.27. The molecule has 2 aromatic heterocycles. The van der Waals surface area contributed by atoms with Gasteiger partial charge in [-0.25, -0.2) is 4.39 Å². The summed E-state index contributed by atoms with van der Waals surface area (Å²) in [5.74, 6) is -0.625. The number of nitrogens with one attached hydrogen (secondary N) is 1. The number of pyridine rings is 1. The maximum Gasteiger partial charge on any atom is 0.267 e. The Morgan fingerprint density at radius 3 is 2.90 bits per heavy atom. The maximum absolute atomic E-state index is 13.2. The van der Waals surface area contributed by atoms with Crippen LogP contribution in [0.25, 0.3) is 10.2 Å². The zero-order valence-electron chi connectivity index (χ0n) is 11.2. The number of carbonyl (C=O) groups is 1. The monoisotopic (exact) mass is 301 g/mol. The van der Waals surface area contributed by atoms with E-state index in [4.69, 9.17) is 5.73 Å². The minimum absolute atomic E-state index is 0.307. The number of anilines is 2. The molecule has 0 aliphatic carbocycles. The van der Waals surface area contributed by atoms with Gasteiger partial charge in [-0.05, 0) is 42.8 Å². The van der Waals surface area contributed by atoms with E-state index in [9.17, 15) is 9.18 Å². The van der Waals surface area contributed by atoms with Crippen molar-refractivity contribution in [2.75, 3.05) is 11.1 Å². The Hall–Kier alpha value is -2.47. The number of aryl methyl sites for hydroxylation is 1. The Labute approximate surface area is 124 Å². The van der Waals surface area contributed by atoms with E-state index in [-0.39, 0.29) is 11.7 Å². The SMILES string of the molecule is Cc1cc(NC(=O)c2sc3cccnc3c2N)ccc1F. The van der Waals surface area contributed by atoms with Crippen molar-refractivity contribution in [2.45, 2.75) is 6.92 Å². The van der Waals surface area contributed by atoms with Gasteiger partial charge < -0.3 is 11.1 Å². The van der Waals surface area contributed by atoms with E-state index < -0.39 is 0 Å². The fraction of sp³-hybridized carbons (Fsp3) is 0.0667.